The van der Waals surface area contributed by atoms with Crippen LogP contribution in [0.3, 0.4) is 0 Å². The fourth-order valence-corrected chi connectivity index (χ4v) is 6.03. The Morgan fingerprint density at radius 2 is 2.23 bits per heavy atom. The van der Waals surface area contributed by atoms with Gasteiger partial charge in [0, 0.05) is 5.41 Å². The van der Waals surface area contributed by atoms with Crippen LogP contribution in [0.4, 0.5) is 0 Å². The number of hydrogen-bond acceptors (Lipinski definition) is 1. The van der Waals surface area contributed by atoms with Gasteiger partial charge in [-0.25, -0.2) is 0 Å². The van der Waals surface area contributed by atoms with Crippen LogP contribution < -0.4 is 0 Å². The first kappa shape index (κ1) is 14.3. The van der Waals surface area contributed by atoms with Crippen LogP contribution >= 0.6 is 0 Å². The molecule has 2 fully saturated rings. The van der Waals surface area contributed by atoms with Gasteiger partial charge in [-0.2, -0.15) is 0 Å². The molecule has 0 saturated heterocycles. The third kappa shape index (κ3) is 1.65. The van der Waals surface area contributed by atoms with Crippen molar-refractivity contribution in [2.45, 2.75) is 51.0 Å². The molecule has 22 heavy (non-hydrogen) atoms. The van der Waals surface area contributed by atoms with E-state index in [1.165, 1.54) is 37.7 Å². The van der Waals surface area contributed by atoms with E-state index >= 15 is 0 Å². The molecule has 0 bridgehead atoms. The average molecular weight is 294 g/mol. The van der Waals surface area contributed by atoms with Gasteiger partial charge < -0.3 is 5.11 Å². The van der Waals surface area contributed by atoms with Crippen molar-refractivity contribution < 1.29 is 5.11 Å². The number of allylic oxidation sites excluding steroid dienone is 4. The van der Waals surface area contributed by atoms with Crippen molar-refractivity contribution in [3.8, 4) is 12.3 Å². The van der Waals surface area contributed by atoms with Gasteiger partial charge in [0.05, 0.1) is 0 Å². The van der Waals surface area contributed by atoms with Crippen LogP contribution in [0.15, 0.2) is 36.0 Å². The lowest BCUT2D eigenvalue weighted by molar-refractivity contribution is -0.0507. The van der Waals surface area contributed by atoms with Crippen LogP contribution in [0.25, 0.3) is 0 Å². The Morgan fingerprint density at radius 3 is 3.00 bits per heavy atom. The molecule has 0 heterocycles. The molecule has 0 aromatic heterocycles. The second kappa shape index (κ2) is 4.62. The quantitative estimate of drug-likeness (QED) is 0.523. The normalized spacial score (nSPS) is 49.7. The Bertz CT molecular complexity index is 618. The molecule has 4 aliphatic carbocycles. The largest absolute Gasteiger partial charge is 0.373 e. The van der Waals surface area contributed by atoms with E-state index in [1.54, 1.807) is 5.57 Å². The van der Waals surface area contributed by atoms with Gasteiger partial charge >= 0.3 is 0 Å². The van der Waals surface area contributed by atoms with Gasteiger partial charge in [0.1, 0.15) is 5.60 Å². The number of fused-ring (bicyclic) bond motifs is 5. The second-order valence-corrected chi connectivity index (χ2v) is 8.09. The van der Waals surface area contributed by atoms with Gasteiger partial charge in [-0.3, -0.25) is 0 Å². The maximum Gasteiger partial charge on any atom is 0.150 e. The standard InChI is InChI=1S/C21H26O/c1-4-21(22)12-11-18-17-10-9-15-7-5-6-8-16(15)19(17)14(2)13-20(18,21)3/h1,7,11-12,16-19,22H,2,5-6,8-10,13H2,3H3/t16-,17-,18-,19+,20-,21-/m0/s1. The maximum atomic E-state index is 10.9. The highest BCUT2D eigenvalue weighted by Gasteiger charge is 2.60. The van der Waals surface area contributed by atoms with Crippen molar-refractivity contribution in [3.63, 3.8) is 0 Å². The van der Waals surface area contributed by atoms with Crippen molar-refractivity contribution in [2.75, 3.05) is 0 Å². The summed E-state index contributed by atoms with van der Waals surface area (Å²) in [6.07, 6.45) is 19.5. The fourth-order valence-electron chi connectivity index (χ4n) is 6.03. The zero-order valence-corrected chi connectivity index (χ0v) is 13.5. The lowest BCUT2D eigenvalue weighted by Gasteiger charge is -2.55. The van der Waals surface area contributed by atoms with E-state index in [4.69, 9.17) is 6.42 Å². The van der Waals surface area contributed by atoms with Crippen LogP contribution in [0.5, 0.6) is 0 Å². The molecule has 4 aliphatic rings. The highest BCUT2D eigenvalue weighted by molar-refractivity contribution is 5.39. The van der Waals surface area contributed by atoms with Crippen molar-refractivity contribution >= 4 is 0 Å². The third-order valence-corrected chi connectivity index (χ3v) is 7.16. The number of terminal acetylenes is 1. The molecule has 0 unspecified atom stereocenters. The smallest absolute Gasteiger partial charge is 0.150 e. The summed E-state index contributed by atoms with van der Waals surface area (Å²) in [5, 5.41) is 10.9. The zero-order valence-electron chi connectivity index (χ0n) is 13.5. The molecule has 2 saturated carbocycles. The summed E-state index contributed by atoms with van der Waals surface area (Å²) in [7, 11) is 0. The van der Waals surface area contributed by atoms with Gasteiger partial charge in [-0.05, 0) is 68.3 Å². The molecule has 0 aromatic carbocycles. The molecule has 1 heteroatoms. The molecule has 0 spiro atoms. The van der Waals surface area contributed by atoms with Gasteiger partial charge in [-0.1, -0.05) is 42.7 Å². The Labute approximate surface area is 134 Å². The zero-order chi connectivity index (χ0) is 15.5. The van der Waals surface area contributed by atoms with E-state index in [0.29, 0.717) is 23.7 Å². The summed E-state index contributed by atoms with van der Waals surface area (Å²) < 4.78 is 0. The van der Waals surface area contributed by atoms with Gasteiger partial charge in [0.2, 0.25) is 0 Å². The number of rotatable bonds is 0. The molecular weight excluding hydrogens is 268 g/mol. The van der Waals surface area contributed by atoms with Crippen LogP contribution in [0.2, 0.25) is 0 Å². The molecule has 4 rings (SSSR count). The van der Waals surface area contributed by atoms with Crippen molar-refractivity contribution in [1.29, 1.82) is 0 Å². The first-order valence-electron chi connectivity index (χ1n) is 8.76. The van der Waals surface area contributed by atoms with Crippen molar-refractivity contribution in [1.82, 2.24) is 0 Å². The summed E-state index contributed by atoms with van der Waals surface area (Å²) in [6, 6.07) is 0. The van der Waals surface area contributed by atoms with Crippen LogP contribution in [0, 0.1) is 41.4 Å². The van der Waals surface area contributed by atoms with Gasteiger partial charge in [0.15, 0.2) is 0 Å². The first-order chi connectivity index (χ1) is 10.5. The minimum Gasteiger partial charge on any atom is -0.373 e. The molecule has 0 amide bonds. The van der Waals surface area contributed by atoms with E-state index < -0.39 is 5.60 Å². The number of aliphatic hydroxyl groups is 1. The van der Waals surface area contributed by atoms with E-state index in [-0.39, 0.29) is 5.41 Å². The van der Waals surface area contributed by atoms with Gasteiger partial charge in [0.25, 0.3) is 0 Å². The minimum absolute atomic E-state index is 0.268. The average Bonchev–Trinajstić information content (AvgIpc) is 2.79. The van der Waals surface area contributed by atoms with Crippen LogP contribution in [-0.4, -0.2) is 10.7 Å². The Balaban J connectivity index is 1.74. The minimum atomic E-state index is -1.10. The van der Waals surface area contributed by atoms with Gasteiger partial charge in [-0.15, -0.1) is 6.42 Å². The summed E-state index contributed by atoms with van der Waals surface area (Å²) in [4.78, 5) is 0. The Hall–Kier alpha value is -1.26. The fraction of sp³-hybridized carbons (Fsp3) is 0.619. The number of hydrogen-bond donors (Lipinski definition) is 1. The molecule has 116 valence electrons. The monoisotopic (exact) mass is 294 g/mol. The van der Waals surface area contributed by atoms with E-state index in [9.17, 15) is 5.11 Å². The molecular formula is C21H26O. The molecule has 0 aliphatic heterocycles. The van der Waals surface area contributed by atoms with E-state index in [0.717, 1.165) is 6.42 Å². The summed E-state index contributed by atoms with van der Waals surface area (Å²) >= 11 is 0. The SMILES string of the molecule is C#C[C@]1(O)C=C[C@H]2[C@@H]3CCC4=CCCC[C@@H]4[C@H]3C(=C)C[C@@]21C. The first-order valence-corrected chi connectivity index (χ1v) is 8.76. The lowest BCUT2D eigenvalue weighted by Crippen LogP contribution is -2.53. The highest BCUT2D eigenvalue weighted by atomic mass is 16.3. The predicted molar refractivity (Wildman–Crippen MR) is 89.9 cm³/mol. The van der Waals surface area contributed by atoms with Crippen LogP contribution in [-0.2, 0) is 0 Å². The van der Waals surface area contributed by atoms with Crippen LogP contribution in [0.1, 0.15) is 45.4 Å². The maximum absolute atomic E-state index is 10.9. The molecule has 6 atom stereocenters. The Morgan fingerprint density at radius 1 is 1.41 bits per heavy atom. The second-order valence-electron chi connectivity index (χ2n) is 8.09. The highest BCUT2D eigenvalue weighted by Crippen LogP contribution is 2.63. The lowest BCUT2D eigenvalue weighted by atomic mass is 9.49. The topological polar surface area (TPSA) is 20.2 Å². The van der Waals surface area contributed by atoms with Crippen molar-refractivity contribution in [2.24, 2.45) is 29.1 Å². The summed E-state index contributed by atoms with van der Waals surface area (Å²) in [6.45, 7) is 6.63. The molecule has 0 radical (unpaired) electrons. The van der Waals surface area contributed by atoms with E-state index in [2.05, 4.69) is 31.6 Å². The molecule has 1 N–H and O–H groups in total. The van der Waals surface area contributed by atoms with Crippen molar-refractivity contribution in [3.05, 3.63) is 36.0 Å². The molecule has 1 nitrogen and oxygen atoms in total. The Kier molecular flexibility index (Phi) is 3.01. The summed E-state index contributed by atoms with van der Waals surface area (Å²) in [5.41, 5.74) is 1.65. The van der Waals surface area contributed by atoms with E-state index in [1.807, 2.05) is 6.08 Å². The third-order valence-electron chi connectivity index (χ3n) is 7.16. The molecule has 0 aromatic rings. The predicted octanol–water partition coefficient (Wildman–Crippen LogP) is 4.26. The summed E-state index contributed by atoms with van der Waals surface area (Å²) in [5.74, 6) is 4.97.